The van der Waals surface area contributed by atoms with E-state index in [1.54, 1.807) is 4.70 Å². The second-order valence-electron chi connectivity index (χ2n) is 21.2. The van der Waals surface area contributed by atoms with Gasteiger partial charge in [0, 0.05) is 39.3 Å². The van der Waals surface area contributed by atoms with E-state index in [4.69, 9.17) is 0 Å². The minimum atomic E-state index is 0. The quantitative estimate of drug-likeness (QED) is 0.0359. The van der Waals surface area contributed by atoms with Crippen molar-refractivity contribution >= 4 is 11.4 Å². The molecule has 0 radical (unpaired) electrons. The average molecular weight is 966 g/mol. The van der Waals surface area contributed by atoms with Gasteiger partial charge in [0.15, 0.2) is 0 Å². The molecule has 0 unspecified atom stereocenters. The number of hydrogen-bond acceptors (Lipinski definition) is 0. The van der Waals surface area contributed by atoms with Crippen molar-refractivity contribution < 1.29 is 24.0 Å². The zero-order chi connectivity index (χ0) is 47.1. The van der Waals surface area contributed by atoms with Gasteiger partial charge in [0.05, 0.1) is 0 Å². The maximum Gasteiger partial charge on any atom is 0.210 e. The van der Waals surface area contributed by atoms with Crippen LogP contribution >= 0.6 is 0 Å². The minimum absolute atomic E-state index is 0. The van der Waals surface area contributed by atoms with Crippen molar-refractivity contribution in [3.8, 4) is 0 Å². The Balaban J connectivity index is 0.0000154. The van der Waals surface area contributed by atoms with Gasteiger partial charge < -0.3 is 8.38 Å². The molecule has 0 saturated heterocycles. The maximum atomic E-state index is 12.6. The van der Waals surface area contributed by atoms with Gasteiger partial charge in [-0.3, -0.25) is 0 Å². The van der Waals surface area contributed by atoms with Crippen LogP contribution in [0.25, 0.3) is 16.9 Å². The molecule has 0 atom stereocenters. The summed E-state index contributed by atoms with van der Waals surface area (Å²) in [5.41, 5.74) is 24.3. The molecule has 0 fully saturated rings. The van der Waals surface area contributed by atoms with Crippen LogP contribution in [-0.2, 0) is 42.2 Å². The molecule has 1 heterocycles. The number of allylic oxidation sites excluding steroid dienone is 2. The van der Waals surface area contributed by atoms with Gasteiger partial charge in [0.2, 0.25) is 11.4 Å². The molecule has 0 aliphatic carbocycles. The van der Waals surface area contributed by atoms with Crippen LogP contribution in [0.1, 0.15) is 321 Å². The van der Waals surface area contributed by atoms with Crippen LogP contribution < -0.4 is 0 Å². The molecule has 2 nitrogen and oxygen atoms in total. The smallest absolute Gasteiger partial charge is 0.210 e. The Kier molecular flexibility index (Phi) is 38.1. The molecule has 3 heteroatoms. The summed E-state index contributed by atoms with van der Waals surface area (Å²) in [5, 5.41) is 0. The van der Waals surface area contributed by atoms with Crippen LogP contribution in [0.5, 0.6) is 0 Å². The van der Waals surface area contributed by atoms with Crippen LogP contribution in [0.3, 0.4) is 0 Å². The zero-order valence-corrected chi connectivity index (χ0v) is 46.1. The van der Waals surface area contributed by atoms with Gasteiger partial charge >= 0.3 is 0 Å². The fraction of sp³-hybridized carbons (Fsp3) is 0.750. The van der Waals surface area contributed by atoms with E-state index in [0.29, 0.717) is 0 Å². The van der Waals surface area contributed by atoms with Crippen molar-refractivity contribution in [3.63, 3.8) is 0 Å². The van der Waals surface area contributed by atoms with Crippen LogP contribution in [0, 0.1) is 0 Å². The summed E-state index contributed by atoms with van der Waals surface area (Å²) >= 11 is 0. The molecule has 0 bridgehead atoms. The Morgan fingerprint density at radius 1 is 0.313 bits per heavy atom. The van der Waals surface area contributed by atoms with Gasteiger partial charge in [-0.15, -0.1) is 0 Å². The zero-order valence-electron chi connectivity index (χ0n) is 47.2. The summed E-state index contributed by atoms with van der Waals surface area (Å²) in [6.07, 6.45) is 59.0. The van der Waals surface area contributed by atoms with E-state index < -0.39 is 0 Å². The molecule has 0 aromatic heterocycles. The first-order chi connectivity index (χ1) is 32.5. The van der Waals surface area contributed by atoms with E-state index in [9.17, 15) is 5.53 Å². The topological polar surface area (TPSA) is 25.3 Å². The Morgan fingerprint density at radius 2 is 0.552 bits per heavy atom. The summed E-state index contributed by atoms with van der Waals surface area (Å²) in [6.45, 7) is 11.6. The number of rotatable bonds is 45. The first-order valence-corrected chi connectivity index (χ1v) is 29.7. The average Bonchev–Trinajstić information content (AvgIpc) is 3.66. The van der Waals surface area contributed by atoms with Crippen molar-refractivity contribution in [3.05, 3.63) is 87.0 Å². The summed E-state index contributed by atoms with van der Waals surface area (Å²) in [6, 6.07) is 14.9. The number of aryl methyl sites for hydroxylation is 4. The maximum absolute atomic E-state index is 12.6. The van der Waals surface area contributed by atoms with Gasteiger partial charge in [0.25, 0.3) is 0 Å². The molecule has 388 valence electrons. The second-order valence-corrected chi connectivity index (χ2v) is 21.2. The van der Waals surface area contributed by atoms with Crippen molar-refractivity contribution in [1.29, 1.82) is 0 Å². The Hall–Kier alpha value is -1.99. The first-order valence-electron chi connectivity index (χ1n) is 29.7. The third kappa shape index (κ3) is 27.9. The number of benzene rings is 2. The van der Waals surface area contributed by atoms with Crippen LogP contribution in [0.4, 0.5) is 0 Å². The molecule has 0 amide bonds. The first kappa shape index (κ1) is 61.1. The summed E-state index contributed by atoms with van der Waals surface area (Å²) in [7, 11) is 0. The van der Waals surface area contributed by atoms with E-state index >= 15 is 0 Å². The predicted octanol–water partition coefficient (Wildman–Crippen LogP) is 22.2. The van der Waals surface area contributed by atoms with Crippen molar-refractivity contribution in [2.45, 2.75) is 311 Å². The van der Waals surface area contributed by atoms with Crippen LogP contribution in [0.15, 0.2) is 48.0 Å². The van der Waals surface area contributed by atoms with Gasteiger partial charge in [-0.2, -0.15) is 0 Å². The standard InChI is InChI=1S/C64H108N2.Ni.2H/c1-6-11-16-21-26-30-34-39-44-56-49-57(45-40-35-31-27-22-17-12-7-2)52-61(51-56)63-55-60(48-43-38-25-20-15-10-5)64(66(63)65)62-53-58(46-41-36-32-28-23-18-13-8-3)50-59(54-62)47-42-37-33-29-24-19-14-9-4;;;/h49-55H,6-48H2,1-5H3;;;/q;;2*-1. The molecule has 3 rings (SSSR count). The largest absolute Gasteiger partial charge is 1.00 e. The molecule has 2 aromatic rings. The second kappa shape index (κ2) is 41.8. The number of unbranched alkanes of at least 4 members (excludes halogenated alkanes) is 33. The van der Waals surface area contributed by atoms with E-state index in [1.807, 2.05) is 0 Å². The SMILES string of the molecule is CCCCCCCCCCc1cc(CCCCCCCCCC)cc(C2=CC(CCCCCCCC)=C(c3cc(CCCCCCCCCC)cc(CCCCCCCCCC)c3)[N+]2=[N-])c1.[H-].[H-].[Ni]. The molecule has 1 aliphatic rings. The van der Waals surface area contributed by atoms with Crippen molar-refractivity contribution in [2.75, 3.05) is 0 Å². The molecular formula is C64H110N2Ni-2. The Bertz CT molecular complexity index is 1520. The van der Waals surface area contributed by atoms with E-state index in [0.717, 1.165) is 43.5 Å². The van der Waals surface area contributed by atoms with Gasteiger partial charge in [0.1, 0.15) is 0 Å². The van der Waals surface area contributed by atoms with E-state index in [1.165, 1.54) is 283 Å². The predicted molar refractivity (Wildman–Crippen MR) is 297 cm³/mol. The summed E-state index contributed by atoms with van der Waals surface area (Å²) in [4.78, 5) is 0. The van der Waals surface area contributed by atoms with Gasteiger partial charge in [-0.05, 0) is 111 Å². The normalized spacial score (nSPS) is 12.7. The van der Waals surface area contributed by atoms with E-state index in [-0.39, 0.29) is 19.3 Å². The molecule has 0 spiro atoms. The van der Waals surface area contributed by atoms with Crippen molar-refractivity contribution in [1.82, 2.24) is 0 Å². The number of nitrogens with zero attached hydrogens (tertiary/aromatic N) is 2. The molecule has 1 aliphatic heterocycles. The van der Waals surface area contributed by atoms with Crippen LogP contribution in [0.2, 0.25) is 0 Å². The van der Waals surface area contributed by atoms with Crippen molar-refractivity contribution in [2.24, 2.45) is 0 Å². The Labute approximate surface area is 431 Å². The van der Waals surface area contributed by atoms with Crippen LogP contribution in [-0.4, -0.2) is 4.70 Å². The molecule has 2 aromatic carbocycles. The summed E-state index contributed by atoms with van der Waals surface area (Å²) in [5.74, 6) is 0. The summed E-state index contributed by atoms with van der Waals surface area (Å²) < 4.78 is 1.65. The fourth-order valence-corrected chi connectivity index (χ4v) is 10.6. The monoisotopic (exact) mass is 965 g/mol. The molecule has 67 heavy (non-hydrogen) atoms. The third-order valence-corrected chi connectivity index (χ3v) is 14.8. The fourth-order valence-electron chi connectivity index (χ4n) is 10.6. The van der Waals surface area contributed by atoms with Gasteiger partial charge in [-0.1, -0.05) is 259 Å². The minimum Gasteiger partial charge on any atom is -1.00 e. The third-order valence-electron chi connectivity index (χ3n) is 14.8. The van der Waals surface area contributed by atoms with Gasteiger partial charge in [-0.25, -0.2) is 4.70 Å². The molecule has 0 saturated carbocycles. The number of hydrogen-bond donors (Lipinski definition) is 0. The Morgan fingerprint density at radius 3 is 0.836 bits per heavy atom. The van der Waals surface area contributed by atoms with E-state index in [2.05, 4.69) is 77.1 Å². The molecule has 0 N–H and O–H groups in total. The molecular weight excluding hydrogens is 855 g/mol.